The number of unbranched alkanes of at least 4 members (excludes halogenated alkanes) is 13. The van der Waals surface area contributed by atoms with Gasteiger partial charge in [-0.2, -0.15) is 0 Å². The van der Waals surface area contributed by atoms with Crippen molar-refractivity contribution in [3.05, 3.63) is 207 Å². The first kappa shape index (κ1) is 102. The zero-order valence-electron chi connectivity index (χ0n) is 66.4. The molecule has 0 rings (SSSR count). The minimum atomic E-state index is -5.02. The third-order valence-electron chi connectivity index (χ3n) is 15.8. The van der Waals surface area contributed by atoms with Gasteiger partial charge in [-0.15, -0.1) is 0 Å². The summed E-state index contributed by atoms with van der Waals surface area (Å²) in [6, 6.07) is 0. The first-order valence-electron chi connectivity index (χ1n) is 40.3. The van der Waals surface area contributed by atoms with Gasteiger partial charge in [0.15, 0.2) is 12.2 Å². The molecule has 0 aliphatic heterocycles. The van der Waals surface area contributed by atoms with Crippen molar-refractivity contribution < 1.29 is 80.2 Å². The SMILES string of the molecule is CC/C=C\C/C=C\C/C=C\C/C=C\C/C=C\C/C=C\CCC(=O)OCC(COP(=O)(O)OCC(O)COP(=O)(O)OCC(COC(=O)CC/C=C\C/C=C\C/C=C\C/C=C\C/C=C\C/C=C\CC)OC(=O)CCCCCCC/C=C\CCCCCC)OC(=O)CCCCCC/C=C\C/C=C\C/C=C\C/C=C\CC. The van der Waals surface area contributed by atoms with Crippen molar-refractivity contribution in [3.63, 3.8) is 0 Å². The molecule has 5 atom stereocenters. The Morgan fingerprint density at radius 2 is 0.500 bits per heavy atom. The fourth-order valence-electron chi connectivity index (χ4n) is 9.73. The van der Waals surface area contributed by atoms with Gasteiger partial charge in [0.1, 0.15) is 19.3 Å². The highest BCUT2D eigenvalue weighted by Crippen LogP contribution is 2.45. The molecule has 0 spiro atoms. The lowest BCUT2D eigenvalue weighted by Gasteiger charge is -2.21. The minimum Gasteiger partial charge on any atom is -0.462 e. The molecule has 3 N–H and O–H groups in total. The maximum Gasteiger partial charge on any atom is 0.472 e. The number of carbonyl (C=O) groups excluding carboxylic acids is 4. The highest BCUT2D eigenvalue weighted by atomic mass is 31.2. The Morgan fingerprint density at radius 3 is 0.787 bits per heavy atom. The largest absolute Gasteiger partial charge is 0.472 e. The van der Waals surface area contributed by atoms with Gasteiger partial charge in [-0.3, -0.25) is 37.3 Å². The van der Waals surface area contributed by atoms with Crippen molar-refractivity contribution in [2.24, 2.45) is 0 Å². The zero-order chi connectivity index (χ0) is 78.9. The van der Waals surface area contributed by atoms with Gasteiger partial charge in [0.25, 0.3) is 0 Å². The van der Waals surface area contributed by atoms with Crippen molar-refractivity contribution in [1.82, 2.24) is 0 Å². The predicted octanol–water partition coefficient (Wildman–Crippen LogP) is 23.9. The summed E-state index contributed by atoms with van der Waals surface area (Å²) in [7, 11) is -10.0. The summed E-state index contributed by atoms with van der Waals surface area (Å²) in [6.07, 6.45) is 98.4. The van der Waals surface area contributed by atoms with E-state index in [1.165, 1.54) is 25.7 Å². The molecule has 0 amide bonds. The van der Waals surface area contributed by atoms with Gasteiger partial charge < -0.3 is 33.8 Å². The third kappa shape index (κ3) is 77.8. The molecule has 0 aromatic heterocycles. The number of ether oxygens (including phenoxy) is 4. The number of esters is 4. The summed E-state index contributed by atoms with van der Waals surface area (Å²) in [5.41, 5.74) is 0. The number of aliphatic hydroxyl groups excluding tert-OH is 1. The molecule has 0 bridgehead atoms. The van der Waals surface area contributed by atoms with E-state index in [1.807, 2.05) is 36.5 Å². The van der Waals surface area contributed by atoms with Gasteiger partial charge in [0.2, 0.25) is 0 Å². The Hall–Kier alpha value is -6.36. The van der Waals surface area contributed by atoms with Crippen LogP contribution in [0, 0.1) is 0 Å². The molecule has 608 valence electrons. The summed E-state index contributed by atoms with van der Waals surface area (Å²) in [5.74, 6) is -2.43. The Labute approximate surface area is 652 Å². The van der Waals surface area contributed by atoms with Crippen LogP contribution in [0.15, 0.2) is 207 Å². The average molecular weight is 1540 g/mol. The van der Waals surface area contributed by atoms with E-state index in [2.05, 4.69) is 198 Å². The normalized spacial score (nSPS) is 14.9. The Kier molecular flexibility index (Phi) is 74.1. The molecule has 0 aliphatic rings. The van der Waals surface area contributed by atoms with Crippen LogP contribution in [0.2, 0.25) is 0 Å². The Bertz CT molecular complexity index is 2860. The van der Waals surface area contributed by atoms with Gasteiger partial charge in [0, 0.05) is 25.7 Å². The monoisotopic (exact) mass is 1540 g/mol. The number of phosphoric acid groups is 2. The van der Waals surface area contributed by atoms with Crippen LogP contribution < -0.4 is 0 Å². The molecule has 0 radical (unpaired) electrons. The van der Waals surface area contributed by atoms with Crippen molar-refractivity contribution >= 4 is 39.5 Å². The molecule has 0 aliphatic carbocycles. The molecule has 0 heterocycles. The summed E-state index contributed by atoms with van der Waals surface area (Å²) < 4.78 is 68.4. The van der Waals surface area contributed by atoms with Crippen LogP contribution in [-0.2, 0) is 65.4 Å². The Morgan fingerprint density at radius 1 is 0.269 bits per heavy atom. The summed E-state index contributed by atoms with van der Waals surface area (Å²) >= 11 is 0. The fraction of sp³-hybridized carbons (Fsp3) is 0.573. The van der Waals surface area contributed by atoms with Gasteiger partial charge >= 0.3 is 39.5 Å². The molecule has 0 saturated heterocycles. The van der Waals surface area contributed by atoms with Crippen LogP contribution in [0.3, 0.4) is 0 Å². The first-order chi connectivity index (χ1) is 52.7. The average Bonchev–Trinajstić information content (AvgIpc) is 0.886. The second kappa shape index (κ2) is 78.8. The van der Waals surface area contributed by atoms with E-state index >= 15 is 0 Å². The molecular weight excluding hydrogens is 1400 g/mol. The second-order valence-electron chi connectivity index (χ2n) is 25.9. The molecular formula is C89H140O17P2. The number of carbonyl (C=O) groups is 4. The maximum atomic E-state index is 13.1. The number of phosphoric ester groups is 2. The van der Waals surface area contributed by atoms with E-state index in [1.54, 1.807) is 0 Å². The molecule has 19 heteroatoms. The highest BCUT2D eigenvalue weighted by molar-refractivity contribution is 7.47. The van der Waals surface area contributed by atoms with Gasteiger partial charge in [-0.05, 0) is 167 Å². The van der Waals surface area contributed by atoms with Crippen LogP contribution >= 0.6 is 15.6 Å². The first-order valence-corrected chi connectivity index (χ1v) is 43.3. The topological polar surface area (TPSA) is 237 Å². The molecule has 0 fully saturated rings. The quantitative estimate of drug-likeness (QED) is 0.0169. The highest BCUT2D eigenvalue weighted by Gasteiger charge is 2.30. The maximum absolute atomic E-state index is 13.1. The van der Waals surface area contributed by atoms with Crippen molar-refractivity contribution in [2.75, 3.05) is 39.6 Å². The molecule has 0 aromatic carbocycles. The lowest BCUT2D eigenvalue weighted by molar-refractivity contribution is -0.161. The minimum absolute atomic E-state index is 0.0203. The van der Waals surface area contributed by atoms with E-state index in [0.29, 0.717) is 38.5 Å². The van der Waals surface area contributed by atoms with E-state index < -0.39 is 97.5 Å². The summed E-state index contributed by atoms with van der Waals surface area (Å²) in [4.78, 5) is 73.0. The van der Waals surface area contributed by atoms with Crippen molar-refractivity contribution in [1.29, 1.82) is 0 Å². The molecule has 108 heavy (non-hydrogen) atoms. The van der Waals surface area contributed by atoms with Crippen molar-refractivity contribution in [3.8, 4) is 0 Å². The van der Waals surface area contributed by atoms with Gasteiger partial charge in [-0.1, -0.05) is 286 Å². The standard InChI is InChI=1S/C89H140O17P2/c1-5-9-13-17-21-25-29-33-36-39-41-44-46-50-53-57-61-65-69-73-86(91)99-79-84(105-88(93)75-71-67-63-59-55-49-32-28-24-20-16-12-8-4)81-103-107(95,96)101-77-83(90)78-102-108(97,98)104-82-85(106-89(94)76-72-68-64-60-56-52-48-43-38-35-31-27-23-19-15-11-7-3)80-100-87(92)74-70-66-62-58-54-51-47-45-42-40-37-34-30-26-22-18-14-10-6-2/h9-11,13-15,21-23,25-28,32-38,41-42,44-45,48,50-54,61-62,65-66,83-85,90H,5-8,12,16-20,24,29-31,39-40,43,46-47,49,55-60,63-64,67-82H2,1-4H3,(H,95,96)(H,97,98)/b13-9-,14-10-,15-11-,25-21-,26-22-,27-23-,32-28-,36-33-,37-34-,38-35-,44-41-,45-42-,52-48-,53-50-,54-51-,65-61-,66-62-. The molecule has 0 aromatic rings. The van der Waals surface area contributed by atoms with Crippen LogP contribution in [0.1, 0.15) is 272 Å². The smallest absolute Gasteiger partial charge is 0.462 e. The van der Waals surface area contributed by atoms with E-state index in [-0.39, 0.29) is 25.7 Å². The van der Waals surface area contributed by atoms with Crippen LogP contribution in [0.4, 0.5) is 0 Å². The summed E-state index contributed by atoms with van der Waals surface area (Å²) in [6.45, 7) is 4.27. The fourth-order valence-corrected chi connectivity index (χ4v) is 11.3. The number of hydrogen-bond acceptors (Lipinski definition) is 15. The van der Waals surface area contributed by atoms with Crippen LogP contribution in [0.5, 0.6) is 0 Å². The number of allylic oxidation sites excluding steroid dienone is 34. The van der Waals surface area contributed by atoms with Crippen LogP contribution in [0.25, 0.3) is 0 Å². The second-order valence-corrected chi connectivity index (χ2v) is 28.8. The van der Waals surface area contributed by atoms with E-state index in [9.17, 15) is 43.2 Å². The Balaban J connectivity index is 5.54. The van der Waals surface area contributed by atoms with Crippen LogP contribution in [-0.4, -0.2) is 96.7 Å². The molecule has 0 saturated carbocycles. The molecule has 5 unspecified atom stereocenters. The number of rotatable bonds is 73. The third-order valence-corrected chi connectivity index (χ3v) is 17.7. The van der Waals surface area contributed by atoms with E-state index in [4.69, 9.17) is 37.0 Å². The summed E-state index contributed by atoms with van der Waals surface area (Å²) in [5, 5.41) is 10.6. The lowest BCUT2D eigenvalue weighted by atomic mass is 10.1. The number of aliphatic hydroxyl groups is 1. The van der Waals surface area contributed by atoms with E-state index in [0.717, 1.165) is 154 Å². The van der Waals surface area contributed by atoms with Crippen molar-refractivity contribution in [2.45, 2.75) is 290 Å². The number of hydrogen-bond donors (Lipinski definition) is 3. The molecule has 17 nitrogen and oxygen atoms in total. The zero-order valence-corrected chi connectivity index (χ0v) is 68.2. The lowest BCUT2D eigenvalue weighted by Crippen LogP contribution is -2.30. The van der Waals surface area contributed by atoms with Gasteiger partial charge in [-0.25, -0.2) is 9.13 Å². The predicted molar refractivity (Wildman–Crippen MR) is 445 cm³/mol. The van der Waals surface area contributed by atoms with Gasteiger partial charge in [0.05, 0.1) is 26.4 Å².